The molecule has 3 saturated carbocycles. The molecule has 29 heteroatoms. The van der Waals surface area contributed by atoms with Crippen molar-refractivity contribution >= 4 is 149 Å². The molecule has 2 amide bonds. The number of benzene rings is 5. The van der Waals surface area contributed by atoms with Gasteiger partial charge in [-0.05, 0) is 219 Å². The average molecular weight is 1990 g/mol. The number of nitrogens with zero attached hydrogens (tertiary/aromatic N) is 2. The van der Waals surface area contributed by atoms with Crippen molar-refractivity contribution < 1.29 is 142 Å². The number of carbonyl (C=O) groups excluding carboxylic acids is 7. The summed E-state index contributed by atoms with van der Waals surface area (Å²) in [4.78, 5) is 85.7. The zero-order chi connectivity index (χ0) is 88.7. The van der Waals surface area contributed by atoms with Gasteiger partial charge in [-0.1, -0.05) is 194 Å². The Kier molecular flexibility index (Phi) is 54.2. The van der Waals surface area contributed by atoms with Crippen molar-refractivity contribution in [1.29, 1.82) is 0 Å². The van der Waals surface area contributed by atoms with Gasteiger partial charge < -0.3 is 42.7 Å². The van der Waals surface area contributed by atoms with E-state index in [9.17, 15) is 67.2 Å². The first-order valence-corrected chi connectivity index (χ1v) is 49.6. The molecule has 1 aromatic heterocycles. The number of rotatable bonds is 25. The van der Waals surface area contributed by atoms with Crippen LogP contribution in [0, 0.1) is 61.2 Å². The maximum absolute atomic E-state index is 12.6. The van der Waals surface area contributed by atoms with Crippen molar-refractivity contribution in [3.63, 3.8) is 0 Å². The van der Waals surface area contributed by atoms with Gasteiger partial charge in [0.2, 0.25) is 11.8 Å². The molecule has 0 spiro atoms. The van der Waals surface area contributed by atoms with Crippen LogP contribution in [-0.4, -0.2) is 125 Å². The number of ketones is 5. The fourth-order valence-electron chi connectivity index (χ4n) is 13.1. The van der Waals surface area contributed by atoms with Gasteiger partial charge in [0.05, 0.1) is 47.3 Å². The van der Waals surface area contributed by atoms with E-state index >= 15 is 0 Å². The Morgan fingerprint density at radius 2 is 0.861 bits per heavy atom. The molecule has 5 aromatic carbocycles. The first kappa shape index (κ1) is 117. The third-order valence-electron chi connectivity index (χ3n) is 19.5. The van der Waals surface area contributed by atoms with Crippen LogP contribution in [0.3, 0.4) is 0 Å². The fourth-order valence-corrected chi connectivity index (χ4v) is 17.3. The first-order chi connectivity index (χ1) is 55.0. The van der Waals surface area contributed by atoms with Crippen LogP contribution in [-0.2, 0) is 154 Å². The summed E-state index contributed by atoms with van der Waals surface area (Å²) in [6.07, 6.45) is 24.0. The normalized spacial score (nSPS) is 14.8. The van der Waals surface area contributed by atoms with Crippen LogP contribution in [0.25, 0.3) is 11.1 Å². The quantitative estimate of drug-likeness (QED) is 0.0380. The molecule has 4 aliphatic rings. The summed E-state index contributed by atoms with van der Waals surface area (Å²) in [7, 11) is -13.0. The van der Waals surface area contributed by atoms with E-state index in [-0.39, 0.29) is 181 Å². The van der Waals surface area contributed by atoms with Crippen LogP contribution in [0.2, 0.25) is 15.1 Å². The van der Waals surface area contributed by atoms with Gasteiger partial charge in [-0.2, -0.15) is 11.3 Å². The summed E-state index contributed by atoms with van der Waals surface area (Å²) >= 11 is 19.7. The van der Waals surface area contributed by atoms with Gasteiger partial charge in [-0.3, -0.25) is 24.0 Å². The Morgan fingerprint density at radius 3 is 1.22 bits per heavy atom. The van der Waals surface area contributed by atoms with Crippen LogP contribution in [0.4, 0.5) is 11.4 Å². The number of halogens is 3. The number of carbonyl (C=O) groups is 7. The van der Waals surface area contributed by atoms with Crippen molar-refractivity contribution in [2.45, 2.75) is 226 Å². The number of thiophene rings is 1. The topological polar surface area (TPSA) is 281 Å². The largest absolute Gasteiger partial charge is 0.381 e. The smallest absolute Gasteiger partial charge is 0.229 e. The fraction of sp³-hybridized carbons (Fsp3) is 0.495. The minimum atomic E-state index is -3.37. The first-order valence-electron chi connectivity index (χ1n) is 39.9. The molecule has 2 radical (unpaired) electrons. The van der Waals surface area contributed by atoms with Gasteiger partial charge in [0.15, 0.2) is 56.7 Å². The maximum Gasteiger partial charge on any atom is 0.229 e. The predicted octanol–water partition coefficient (Wildman–Crippen LogP) is 21.6. The number of hydrogen-bond donors (Lipinski definition) is 0. The van der Waals surface area contributed by atoms with Crippen LogP contribution >= 0.6 is 46.1 Å². The molecular weight excluding hydrogens is 1860 g/mol. The monoisotopic (exact) mass is 1990 g/mol. The van der Waals surface area contributed by atoms with Crippen molar-refractivity contribution in [2.75, 3.05) is 54.6 Å². The Hall–Kier alpha value is -4.89. The second-order valence-corrected chi connectivity index (χ2v) is 42.0. The SMILES string of the molecule is C.C.CC(C)C(=O)/C(=C/C1CCCC1)c1ccc(S(C)(=O)=O)c(Cl)c1.CC(C)C(=O)/C(=C/C1CCCC1)c1ccc(S(C)(=O)=O)cc1.CC(C)C(=O)C(OC1CCOCC1)c1ccc(Cl)c(Cl)c1.CC(C)C(=O)N(CC1CCCC1)c1ccc(S(C)(=O)=O)cc1.CC(C)C(=O)N(Cc1ccsc1)c1ccc(S(C)(=O)=O)cc1.[CH2-]C(C)=O.[CH2-]C(C)=O.[Y].[Y]. The molecule has 122 heavy (non-hydrogen) atoms. The summed E-state index contributed by atoms with van der Waals surface area (Å²) in [5.74, 6) is 1.13. The van der Waals surface area contributed by atoms with E-state index in [2.05, 4.69) is 26.0 Å². The van der Waals surface area contributed by atoms with E-state index in [1.54, 1.807) is 119 Å². The Labute approximate surface area is 800 Å². The molecule has 10 rings (SSSR count). The number of ether oxygens (including phenoxy) is 2. The molecule has 19 nitrogen and oxygen atoms in total. The van der Waals surface area contributed by atoms with E-state index in [1.165, 1.54) is 90.0 Å². The van der Waals surface area contributed by atoms with Gasteiger partial charge >= 0.3 is 0 Å². The van der Waals surface area contributed by atoms with E-state index in [1.807, 2.05) is 91.0 Å². The van der Waals surface area contributed by atoms with E-state index < -0.39 is 45.5 Å². The van der Waals surface area contributed by atoms with Crippen LogP contribution in [0.5, 0.6) is 0 Å². The molecule has 1 unspecified atom stereocenters. The molecule has 3 aliphatic carbocycles. The number of anilines is 2. The molecule has 672 valence electrons. The third-order valence-corrected chi connectivity index (χ3v) is 25.9. The molecule has 0 N–H and O–H groups in total. The molecule has 1 saturated heterocycles. The molecule has 0 bridgehead atoms. The second kappa shape index (κ2) is 56.4. The molecule has 1 atom stereocenters. The summed E-state index contributed by atoms with van der Waals surface area (Å²) in [6, 6.07) is 31.7. The minimum Gasteiger partial charge on any atom is -0.381 e. The molecular formula is C93H129Cl3N2O17S5Y2-2. The van der Waals surface area contributed by atoms with E-state index in [0.29, 0.717) is 64.4 Å². The van der Waals surface area contributed by atoms with E-state index in [4.69, 9.17) is 44.3 Å². The van der Waals surface area contributed by atoms with Gasteiger partial charge in [0.25, 0.3) is 0 Å². The number of Topliss-reactive ketones (excluding diaryl/α,β-unsaturated/α-hetero) is 5. The van der Waals surface area contributed by atoms with Crippen LogP contribution in [0.1, 0.15) is 216 Å². The third kappa shape index (κ3) is 41.0. The molecule has 2 heterocycles. The van der Waals surface area contributed by atoms with Gasteiger partial charge in [-0.15, -0.1) is 0 Å². The van der Waals surface area contributed by atoms with Gasteiger partial charge in [0.1, 0.15) is 6.10 Å². The number of amides is 2. The van der Waals surface area contributed by atoms with Crippen molar-refractivity contribution in [3.8, 4) is 0 Å². The van der Waals surface area contributed by atoms with Gasteiger partial charge in [0, 0.05) is 162 Å². The predicted molar refractivity (Wildman–Crippen MR) is 492 cm³/mol. The zero-order valence-electron chi connectivity index (χ0n) is 72.4. The summed E-state index contributed by atoms with van der Waals surface area (Å²) < 4.78 is 104. The zero-order valence-corrected chi connectivity index (χ0v) is 84.4. The summed E-state index contributed by atoms with van der Waals surface area (Å²) in [5, 5.41) is 5.05. The molecule has 4 fully saturated rings. The standard InChI is InChI=1S/C18H23ClO3S.C18H24O3S.C17H25NO3S.C16H20Cl2O3.C16H19NO3S2.2C3H5O.2CH4.2Y/c1-12(2)18(20)15(10-13-6-4-5-7-13)14-8-9-17(16(19)11-14)23(3,21)22;1-13(2)18(19)17(12-14-6-4-5-7-14)15-8-10-16(11-9-15)22(3,20)21;1-13(2)17(19)18(12-14-6-4-5-7-14)15-8-10-16(11-9-15)22(3,20)21;1-10(2)15(19)16(21-12-5-7-20-8-6-12)11-3-4-13(17)14(18)9-11;1-12(2)16(18)17(10-13-8-9-21-11-13)14-4-6-15(7-5-14)22(3,19)20;2*1-3(2)4;;;;/h8-13H,4-7H2,1-3H3;8-14H,4-7H2,1-3H3;8-11,13-14H,4-7,12H2,1-3H3;3-4,9-10,12,16H,5-8H2,1-2H3;4-9,11-12H,10H2,1-3H3;2*1H2,2H3;2*1H4;;/q;;;;;2*-1;;;;/b15-10+;17-12+;;;;;;;;;. The van der Waals surface area contributed by atoms with E-state index in [0.717, 1.165) is 79.3 Å². The average Bonchev–Trinajstić information content (AvgIpc) is 1.12. The van der Waals surface area contributed by atoms with Crippen molar-refractivity contribution in [3.05, 3.63) is 189 Å². The molecule has 1 aliphatic heterocycles. The number of sulfone groups is 4. The van der Waals surface area contributed by atoms with Crippen LogP contribution in [0.15, 0.2) is 158 Å². The minimum absolute atomic E-state index is 0. The maximum atomic E-state index is 12.6. The van der Waals surface area contributed by atoms with Crippen molar-refractivity contribution in [2.24, 2.45) is 47.3 Å². The van der Waals surface area contributed by atoms with Crippen LogP contribution < -0.4 is 9.80 Å². The van der Waals surface area contributed by atoms with Crippen molar-refractivity contribution in [1.82, 2.24) is 0 Å². The Bertz CT molecular complexity index is 4820. The number of allylic oxidation sites excluding steroid dienone is 4. The second-order valence-electron chi connectivity index (χ2n) is 32.0. The summed E-state index contributed by atoms with van der Waals surface area (Å²) in [5.41, 5.74) is 6.23. The Balaban J connectivity index is 0.00000145. The summed E-state index contributed by atoms with van der Waals surface area (Å²) in [6.45, 7) is 30.2. The molecule has 6 aromatic rings. The Morgan fingerprint density at radius 1 is 0.475 bits per heavy atom. The number of hydrogen-bond acceptors (Lipinski definition) is 18. The van der Waals surface area contributed by atoms with Gasteiger partial charge in [-0.25, -0.2) is 33.7 Å².